The third kappa shape index (κ3) is 4.65. The van der Waals surface area contributed by atoms with Gasteiger partial charge in [-0.1, -0.05) is 13.8 Å². The summed E-state index contributed by atoms with van der Waals surface area (Å²) in [4.78, 5) is 48.0. The second kappa shape index (κ2) is 9.67. The van der Waals surface area contributed by atoms with Crippen molar-refractivity contribution in [3.63, 3.8) is 0 Å². The Morgan fingerprint density at radius 1 is 1.20 bits per heavy atom. The molecule has 9 nitrogen and oxygen atoms in total. The van der Waals surface area contributed by atoms with Gasteiger partial charge in [-0.15, -0.1) is 11.3 Å². The van der Waals surface area contributed by atoms with E-state index in [1.165, 1.54) is 24.6 Å². The van der Waals surface area contributed by atoms with Gasteiger partial charge in [0.15, 0.2) is 0 Å². The SMILES string of the molecule is COc1ccc2c(n1)c(=O)c(C(=O)Nc1sc(-c3ccncc3)c(C)c1C(N)=O)cn2CC(C)C. The van der Waals surface area contributed by atoms with E-state index >= 15 is 0 Å². The van der Waals surface area contributed by atoms with Crippen LogP contribution in [0.15, 0.2) is 47.7 Å². The molecule has 10 heteroatoms. The number of methoxy groups -OCH3 is 1. The zero-order valence-electron chi connectivity index (χ0n) is 19.8. The lowest BCUT2D eigenvalue weighted by Crippen LogP contribution is -2.26. The zero-order chi connectivity index (χ0) is 25.3. The van der Waals surface area contributed by atoms with Gasteiger partial charge in [0.2, 0.25) is 11.3 Å². The molecule has 0 unspecified atom stereocenters. The standard InChI is InChI=1S/C25H25N5O4S/c1-13(2)11-30-12-16(21(31)20-17(30)5-6-18(28-20)34-4)24(33)29-25-19(23(26)32)14(3)22(35-25)15-7-9-27-10-8-15/h5-10,12-13H,11H2,1-4H3,(H2,26,32)(H,29,33). The lowest BCUT2D eigenvalue weighted by Gasteiger charge is -2.15. The summed E-state index contributed by atoms with van der Waals surface area (Å²) < 4.78 is 7.01. The number of pyridine rings is 3. The second-order valence-corrected chi connectivity index (χ2v) is 9.47. The Hall–Kier alpha value is -4.05. The fourth-order valence-corrected chi connectivity index (χ4v) is 5.12. The van der Waals surface area contributed by atoms with Gasteiger partial charge in [-0.05, 0) is 42.2 Å². The average Bonchev–Trinajstić information content (AvgIpc) is 3.16. The number of anilines is 1. The Bertz CT molecular complexity index is 1490. The van der Waals surface area contributed by atoms with Crippen LogP contribution in [0.1, 0.15) is 40.1 Å². The predicted molar refractivity (Wildman–Crippen MR) is 136 cm³/mol. The van der Waals surface area contributed by atoms with Crippen molar-refractivity contribution in [3.8, 4) is 16.3 Å². The Labute approximate surface area is 205 Å². The van der Waals surface area contributed by atoms with Gasteiger partial charge in [-0.2, -0.15) is 0 Å². The number of nitrogens with zero attached hydrogens (tertiary/aromatic N) is 3. The minimum Gasteiger partial charge on any atom is -0.481 e. The van der Waals surface area contributed by atoms with Crippen molar-refractivity contribution >= 4 is 39.2 Å². The smallest absolute Gasteiger partial charge is 0.261 e. The van der Waals surface area contributed by atoms with Crippen molar-refractivity contribution in [1.29, 1.82) is 0 Å². The minimum absolute atomic E-state index is 0.0918. The molecular formula is C25H25N5O4S. The van der Waals surface area contributed by atoms with E-state index < -0.39 is 17.2 Å². The van der Waals surface area contributed by atoms with E-state index in [1.54, 1.807) is 31.5 Å². The van der Waals surface area contributed by atoms with E-state index in [-0.39, 0.29) is 33.4 Å². The lowest BCUT2D eigenvalue weighted by atomic mass is 10.1. The molecule has 4 rings (SSSR count). The van der Waals surface area contributed by atoms with Crippen LogP contribution in [0.2, 0.25) is 0 Å². The number of hydrogen-bond acceptors (Lipinski definition) is 7. The molecular weight excluding hydrogens is 466 g/mol. The van der Waals surface area contributed by atoms with Gasteiger partial charge in [0.1, 0.15) is 16.1 Å². The molecule has 0 aliphatic rings. The highest BCUT2D eigenvalue weighted by Gasteiger charge is 2.24. The molecule has 0 spiro atoms. The number of rotatable bonds is 7. The van der Waals surface area contributed by atoms with Crippen molar-refractivity contribution in [1.82, 2.24) is 14.5 Å². The summed E-state index contributed by atoms with van der Waals surface area (Å²) in [6.07, 6.45) is 4.82. The molecule has 0 aliphatic heterocycles. The highest BCUT2D eigenvalue weighted by Crippen LogP contribution is 2.39. The van der Waals surface area contributed by atoms with E-state index in [4.69, 9.17) is 10.5 Å². The monoisotopic (exact) mass is 491 g/mol. The lowest BCUT2D eigenvalue weighted by molar-refractivity contribution is 0.100. The van der Waals surface area contributed by atoms with Crippen LogP contribution < -0.4 is 21.2 Å². The van der Waals surface area contributed by atoms with Crippen LogP contribution in [-0.2, 0) is 6.54 Å². The molecule has 0 radical (unpaired) electrons. The topological polar surface area (TPSA) is 129 Å². The maximum Gasteiger partial charge on any atom is 0.261 e. The number of carbonyl (C=O) groups excluding carboxylic acids is 2. The Morgan fingerprint density at radius 3 is 2.54 bits per heavy atom. The number of primary amides is 1. The fraction of sp³-hybridized carbons (Fsp3) is 0.240. The second-order valence-electron chi connectivity index (χ2n) is 8.45. The molecule has 180 valence electrons. The molecule has 4 heterocycles. The molecule has 0 fully saturated rings. The summed E-state index contributed by atoms with van der Waals surface area (Å²) in [5.74, 6) is -0.793. The van der Waals surface area contributed by atoms with Gasteiger partial charge < -0.3 is 20.4 Å². The molecule has 0 aromatic carbocycles. The third-order valence-corrected chi connectivity index (χ3v) is 6.74. The zero-order valence-corrected chi connectivity index (χ0v) is 20.6. The fourth-order valence-electron chi connectivity index (χ4n) is 3.91. The first-order chi connectivity index (χ1) is 16.7. The quantitative estimate of drug-likeness (QED) is 0.404. The molecule has 4 aromatic rings. The van der Waals surface area contributed by atoms with Crippen LogP contribution in [0.4, 0.5) is 5.00 Å². The Balaban J connectivity index is 1.82. The predicted octanol–water partition coefficient (Wildman–Crippen LogP) is 3.84. The maximum atomic E-state index is 13.4. The van der Waals surface area contributed by atoms with Gasteiger partial charge in [0.05, 0.1) is 18.2 Å². The van der Waals surface area contributed by atoms with E-state index in [9.17, 15) is 14.4 Å². The van der Waals surface area contributed by atoms with Crippen LogP contribution >= 0.6 is 11.3 Å². The molecule has 0 aliphatic carbocycles. The van der Waals surface area contributed by atoms with Crippen LogP contribution in [0.25, 0.3) is 21.5 Å². The van der Waals surface area contributed by atoms with Crippen molar-refractivity contribution in [2.45, 2.75) is 27.3 Å². The number of nitrogens with one attached hydrogen (secondary N) is 1. The number of hydrogen-bond donors (Lipinski definition) is 2. The van der Waals surface area contributed by atoms with Crippen molar-refractivity contribution in [2.24, 2.45) is 11.7 Å². The minimum atomic E-state index is -0.670. The number of carbonyl (C=O) groups is 2. The molecule has 35 heavy (non-hydrogen) atoms. The largest absolute Gasteiger partial charge is 0.481 e. The van der Waals surface area contributed by atoms with E-state index in [2.05, 4.69) is 15.3 Å². The molecule has 2 amide bonds. The van der Waals surface area contributed by atoms with Crippen LogP contribution in [0.5, 0.6) is 5.88 Å². The summed E-state index contributed by atoms with van der Waals surface area (Å²) >= 11 is 1.22. The molecule has 0 saturated heterocycles. The first-order valence-electron chi connectivity index (χ1n) is 10.9. The first-order valence-corrected chi connectivity index (χ1v) is 11.8. The van der Waals surface area contributed by atoms with E-state index in [1.807, 2.05) is 30.5 Å². The van der Waals surface area contributed by atoms with E-state index in [0.29, 0.717) is 17.6 Å². The number of aromatic nitrogens is 3. The molecule has 0 atom stereocenters. The average molecular weight is 492 g/mol. The van der Waals surface area contributed by atoms with Gasteiger partial charge >= 0.3 is 0 Å². The summed E-state index contributed by atoms with van der Waals surface area (Å²) in [5, 5.41) is 3.02. The Kier molecular flexibility index (Phi) is 6.65. The van der Waals surface area contributed by atoms with Crippen LogP contribution in [0.3, 0.4) is 0 Å². The van der Waals surface area contributed by atoms with Crippen molar-refractivity contribution < 1.29 is 14.3 Å². The first kappa shape index (κ1) is 24.1. The summed E-state index contributed by atoms with van der Waals surface area (Å²) in [6.45, 7) is 6.41. The van der Waals surface area contributed by atoms with Crippen molar-refractivity contribution in [3.05, 3.63) is 69.8 Å². The normalized spacial score (nSPS) is 11.1. The molecule has 3 N–H and O–H groups in total. The highest BCUT2D eigenvalue weighted by atomic mass is 32.1. The third-order valence-electron chi connectivity index (χ3n) is 5.48. The van der Waals surface area contributed by atoms with Crippen molar-refractivity contribution in [2.75, 3.05) is 12.4 Å². The van der Waals surface area contributed by atoms with Crippen LogP contribution in [-0.4, -0.2) is 33.5 Å². The summed E-state index contributed by atoms with van der Waals surface area (Å²) in [6, 6.07) is 7.04. The van der Waals surface area contributed by atoms with Gasteiger partial charge in [0, 0.05) is 36.1 Å². The molecule has 0 bridgehead atoms. The highest BCUT2D eigenvalue weighted by molar-refractivity contribution is 7.20. The number of nitrogens with two attached hydrogens (primary N) is 1. The van der Waals surface area contributed by atoms with Gasteiger partial charge in [-0.3, -0.25) is 19.4 Å². The molecule has 4 aromatic heterocycles. The summed E-state index contributed by atoms with van der Waals surface area (Å²) in [5.41, 5.74) is 7.46. The summed E-state index contributed by atoms with van der Waals surface area (Å²) in [7, 11) is 1.46. The maximum absolute atomic E-state index is 13.4. The van der Waals surface area contributed by atoms with Gasteiger partial charge in [0.25, 0.3) is 11.8 Å². The number of ether oxygens (including phenoxy) is 1. The number of amides is 2. The Morgan fingerprint density at radius 2 is 1.91 bits per heavy atom. The number of thiophene rings is 1. The van der Waals surface area contributed by atoms with E-state index in [0.717, 1.165) is 10.4 Å². The van der Waals surface area contributed by atoms with Gasteiger partial charge in [-0.25, -0.2) is 4.98 Å². The number of fused-ring (bicyclic) bond motifs is 1. The molecule has 0 saturated carbocycles. The van der Waals surface area contributed by atoms with Crippen LogP contribution in [0, 0.1) is 12.8 Å².